The van der Waals surface area contributed by atoms with Gasteiger partial charge in [0.2, 0.25) is 5.91 Å². The summed E-state index contributed by atoms with van der Waals surface area (Å²) in [5.41, 5.74) is 0.957. The average Bonchev–Trinajstić information content (AvgIpc) is 3.35. The molecule has 1 fully saturated rings. The highest BCUT2D eigenvalue weighted by Crippen LogP contribution is 2.30. The molecule has 0 N–H and O–H groups in total. The summed E-state index contributed by atoms with van der Waals surface area (Å²) in [6, 6.07) is 7.51. The summed E-state index contributed by atoms with van der Waals surface area (Å²) in [4.78, 5) is 14.5. The molecule has 1 aromatic heterocycles. The number of hydrogen-bond acceptors (Lipinski definition) is 4. The Morgan fingerprint density at radius 3 is 2.68 bits per heavy atom. The number of thioether (sulfide) groups is 1. The van der Waals surface area contributed by atoms with E-state index < -0.39 is 0 Å². The molecule has 0 unspecified atom stereocenters. The van der Waals surface area contributed by atoms with Crippen LogP contribution in [0.5, 0.6) is 0 Å². The molecule has 1 amide bonds. The summed E-state index contributed by atoms with van der Waals surface area (Å²) in [5.74, 6) is 2.08. The molecule has 1 saturated carbocycles. The molecular weight excluding hydrogens is 356 g/mol. The van der Waals surface area contributed by atoms with Crippen molar-refractivity contribution in [1.82, 2.24) is 19.7 Å². The number of hydrogen-bond donors (Lipinski definition) is 0. The van der Waals surface area contributed by atoms with Crippen molar-refractivity contribution in [2.75, 3.05) is 18.8 Å². The zero-order valence-electron chi connectivity index (χ0n) is 14.6. The fraction of sp³-hybridized carbons (Fsp3) is 0.500. The first-order valence-electron chi connectivity index (χ1n) is 8.64. The topological polar surface area (TPSA) is 51.0 Å². The number of carbonyl (C=O) groups is 1. The van der Waals surface area contributed by atoms with Crippen molar-refractivity contribution in [2.24, 2.45) is 13.0 Å². The van der Waals surface area contributed by atoms with E-state index in [4.69, 9.17) is 11.6 Å². The Bertz CT molecular complexity index is 727. The lowest BCUT2D eigenvalue weighted by molar-refractivity contribution is -0.128. The van der Waals surface area contributed by atoms with Gasteiger partial charge in [-0.2, -0.15) is 0 Å². The zero-order valence-corrected chi connectivity index (χ0v) is 16.2. The minimum atomic E-state index is 0.190. The van der Waals surface area contributed by atoms with Gasteiger partial charge in [0, 0.05) is 30.7 Å². The molecule has 0 spiro atoms. The van der Waals surface area contributed by atoms with Crippen molar-refractivity contribution < 1.29 is 4.79 Å². The number of nitrogens with zero attached hydrogens (tertiary/aromatic N) is 4. The van der Waals surface area contributed by atoms with Crippen molar-refractivity contribution >= 4 is 29.3 Å². The van der Waals surface area contributed by atoms with Gasteiger partial charge in [-0.1, -0.05) is 30.3 Å². The summed E-state index contributed by atoms with van der Waals surface area (Å²) in [7, 11) is 1.92. The van der Waals surface area contributed by atoms with Crippen LogP contribution in [0.15, 0.2) is 29.4 Å². The highest BCUT2D eigenvalue weighted by Gasteiger charge is 2.26. The number of benzene rings is 1. The number of rotatable bonds is 8. The SMILES string of the molecule is CCCN(CC1CC1)C(=O)CSc1nnc(-c2ccc(Cl)cc2)n1C. The van der Waals surface area contributed by atoms with E-state index in [2.05, 4.69) is 17.1 Å². The third-order valence-electron chi connectivity index (χ3n) is 4.28. The van der Waals surface area contributed by atoms with Gasteiger partial charge in [0.15, 0.2) is 11.0 Å². The molecule has 0 saturated heterocycles. The average molecular weight is 379 g/mol. The van der Waals surface area contributed by atoms with Crippen molar-refractivity contribution in [3.8, 4) is 11.4 Å². The van der Waals surface area contributed by atoms with Crippen molar-refractivity contribution in [2.45, 2.75) is 31.3 Å². The molecular formula is C18H23ClN4OS. The van der Waals surface area contributed by atoms with E-state index in [0.717, 1.165) is 36.1 Å². The molecule has 7 heteroatoms. The maximum atomic E-state index is 12.5. The quantitative estimate of drug-likeness (QED) is 0.654. The molecule has 0 radical (unpaired) electrons. The maximum Gasteiger partial charge on any atom is 0.233 e. The van der Waals surface area contributed by atoms with E-state index in [0.29, 0.717) is 16.7 Å². The minimum Gasteiger partial charge on any atom is -0.342 e. The van der Waals surface area contributed by atoms with Gasteiger partial charge in [-0.15, -0.1) is 10.2 Å². The largest absolute Gasteiger partial charge is 0.342 e. The van der Waals surface area contributed by atoms with E-state index in [-0.39, 0.29) is 5.91 Å². The first kappa shape index (κ1) is 18.3. The van der Waals surface area contributed by atoms with Crippen LogP contribution in [0.25, 0.3) is 11.4 Å². The minimum absolute atomic E-state index is 0.190. The van der Waals surface area contributed by atoms with Crippen LogP contribution < -0.4 is 0 Å². The van der Waals surface area contributed by atoms with Gasteiger partial charge < -0.3 is 9.47 Å². The van der Waals surface area contributed by atoms with Crippen LogP contribution in [0, 0.1) is 5.92 Å². The van der Waals surface area contributed by atoms with E-state index in [9.17, 15) is 4.79 Å². The Kier molecular flexibility index (Phi) is 6.02. The third-order valence-corrected chi connectivity index (χ3v) is 5.54. The molecule has 0 bridgehead atoms. The highest BCUT2D eigenvalue weighted by atomic mass is 35.5. The summed E-state index contributed by atoms with van der Waals surface area (Å²) < 4.78 is 1.92. The number of aromatic nitrogens is 3. The smallest absolute Gasteiger partial charge is 0.233 e. The normalized spacial score (nSPS) is 13.9. The lowest BCUT2D eigenvalue weighted by atomic mass is 10.2. The van der Waals surface area contributed by atoms with Crippen molar-refractivity contribution in [3.63, 3.8) is 0 Å². The molecule has 2 aromatic rings. The van der Waals surface area contributed by atoms with Crippen LogP contribution in [-0.2, 0) is 11.8 Å². The van der Waals surface area contributed by atoms with Gasteiger partial charge >= 0.3 is 0 Å². The predicted octanol–water partition coefficient (Wildman–Crippen LogP) is 3.88. The lowest BCUT2D eigenvalue weighted by Crippen LogP contribution is -2.35. The fourth-order valence-corrected chi connectivity index (χ4v) is 3.65. The van der Waals surface area contributed by atoms with E-state index in [1.807, 2.05) is 40.8 Å². The standard InChI is InChI=1S/C18H23ClN4OS/c1-3-10-23(11-13-4-5-13)16(24)12-25-18-21-20-17(22(18)2)14-6-8-15(19)9-7-14/h6-9,13H,3-5,10-12H2,1-2H3. The van der Waals surface area contributed by atoms with Gasteiger partial charge in [0.05, 0.1) is 5.75 Å². The molecule has 1 heterocycles. The third kappa shape index (κ3) is 4.76. The molecule has 0 atom stereocenters. The Morgan fingerprint density at radius 1 is 1.32 bits per heavy atom. The van der Waals surface area contributed by atoms with Crippen LogP contribution in [0.3, 0.4) is 0 Å². The summed E-state index contributed by atoms with van der Waals surface area (Å²) in [5, 5.41) is 9.94. The van der Waals surface area contributed by atoms with Crippen molar-refractivity contribution in [1.29, 1.82) is 0 Å². The second-order valence-electron chi connectivity index (χ2n) is 6.44. The molecule has 0 aliphatic heterocycles. The molecule has 25 heavy (non-hydrogen) atoms. The van der Waals surface area contributed by atoms with Crippen LogP contribution in [0.4, 0.5) is 0 Å². The Morgan fingerprint density at radius 2 is 2.04 bits per heavy atom. The molecule has 134 valence electrons. The first-order chi connectivity index (χ1) is 12.1. The monoisotopic (exact) mass is 378 g/mol. The molecule has 3 rings (SSSR count). The van der Waals surface area contributed by atoms with Crippen LogP contribution in [0.2, 0.25) is 5.02 Å². The van der Waals surface area contributed by atoms with Crippen LogP contribution in [-0.4, -0.2) is 44.4 Å². The Balaban J connectivity index is 1.62. The number of carbonyl (C=O) groups excluding carboxylic acids is 1. The van der Waals surface area contributed by atoms with Gasteiger partial charge in [-0.3, -0.25) is 4.79 Å². The second-order valence-corrected chi connectivity index (χ2v) is 7.82. The van der Waals surface area contributed by atoms with Gasteiger partial charge in [0.1, 0.15) is 0 Å². The fourth-order valence-electron chi connectivity index (χ4n) is 2.71. The number of halogens is 1. The molecule has 1 aromatic carbocycles. The summed E-state index contributed by atoms with van der Waals surface area (Å²) in [6.45, 7) is 3.86. The van der Waals surface area contributed by atoms with Crippen LogP contribution in [0.1, 0.15) is 26.2 Å². The predicted molar refractivity (Wildman–Crippen MR) is 102 cm³/mol. The molecule has 5 nitrogen and oxygen atoms in total. The van der Waals surface area contributed by atoms with Gasteiger partial charge in [-0.25, -0.2) is 0 Å². The summed E-state index contributed by atoms with van der Waals surface area (Å²) >= 11 is 7.38. The van der Waals surface area contributed by atoms with E-state index in [1.165, 1.54) is 24.6 Å². The maximum absolute atomic E-state index is 12.5. The van der Waals surface area contributed by atoms with Gasteiger partial charge in [0.25, 0.3) is 0 Å². The summed E-state index contributed by atoms with van der Waals surface area (Å²) in [6.07, 6.45) is 3.51. The van der Waals surface area contributed by atoms with Crippen LogP contribution >= 0.6 is 23.4 Å². The Hall–Kier alpha value is -1.53. The zero-order chi connectivity index (χ0) is 17.8. The first-order valence-corrected chi connectivity index (χ1v) is 10.0. The van der Waals surface area contributed by atoms with E-state index in [1.54, 1.807) is 0 Å². The highest BCUT2D eigenvalue weighted by molar-refractivity contribution is 7.99. The molecule has 1 aliphatic carbocycles. The van der Waals surface area contributed by atoms with E-state index >= 15 is 0 Å². The van der Waals surface area contributed by atoms with Gasteiger partial charge in [-0.05, 0) is 49.4 Å². The Labute approximate surface area is 157 Å². The van der Waals surface area contributed by atoms with Crippen molar-refractivity contribution in [3.05, 3.63) is 29.3 Å². The number of amides is 1. The second kappa shape index (κ2) is 8.23. The molecule has 1 aliphatic rings. The lowest BCUT2D eigenvalue weighted by Gasteiger charge is -2.21.